The van der Waals surface area contributed by atoms with Crippen LogP contribution in [0.3, 0.4) is 0 Å². The highest BCUT2D eigenvalue weighted by atomic mass is 35.5. The Balaban J connectivity index is 1.99. The lowest BCUT2D eigenvalue weighted by molar-refractivity contribution is 0.230. The van der Waals surface area contributed by atoms with E-state index in [1.807, 2.05) is 34.0 Å². The molecule has 0 saturated heterocycles. The number of fused-ring (bicyclic) bond motifs is 1. The van der Waals surface area contributed by atoms with E-state index < -0.39 is 6.10 Å². The lowest BCUT2D eigenvalue weighted by Gasteiger charge is -2.38. The summed E-state index contributed by atoms with van der Waals surface area (Å²) in [5.74, 6) is -0.303. The summed E-state index contributed by atoms with van der Waals surface area (Å²) < 4.78 is 15.8. The molecule has 2 aromatic rings. The van der Waals surface area contributed by atoms with Gasteiger partial charge in [-0.25, -0.2) is 4.39 Å². The summed E-state index contributed by atoms with van der Waals surface area (Å²) in [6, 6.07) is 8.29. The second kappa shape index (κ2) is 5.80. The molecule has 124 valence electrons. The normalized spacial score (nSPS) is 18.2. The molecule has 1 aliphatic heterocycles. The summed E-state index contributed by atoms with van der Waals surface area (Å²) >= 11 is 6.44. The minimum atomic E-state index is -0.696. The average molecular weight is 345 g/mol. The van der Waals surface area contributed by atoms with Crippen molar-refractivity contribution in [1.82, 2.24) is 4.57 Å². The number of rotatable bonds is 2. The molecular weight excluding hydrogens is 327 g/mol. The third kappa shape index (κ3) is 2.38. The second-order valence-electron chi connectivity index (χ2n) is 6.27. The molecule has 1 unspecified atom stereocenters. The van der Waals surface area contributed by atoms with Crippen molar-refractivity contribution in [3.05, 3.63) is 64.3 Å². The van der Waals surface area contributed by atoms with E-state index in [0.717, 1.165) is 30.7 Å². The molecule has 0 bridgehead atoms. The van der Waals surface area contributed by atoms with Gasteiger partial charge in [-0.15, -0.1) is 0 Å². The molecule has 4 rings (SSSR count). The number of aliphatic hydroxyl groups excluding tert-OH is 1. The second-order valence-corrected chi connectivity index (χ2v) is 6.68. The predicted octanol–water partition coefficient (Wildman–Crippen LogP) is 4.88. The monoisotopic (exact) mass is 344 g/mol. The summed E-state index contributed by atoms with van der Waals surface area (Å²) in [7, 11) is 0. The van der Waals surface area contributed by atoms with E-state index in [2.05, 4.69) is 0 Å². The van der Waals surface area contributed by atoms with Crippen molar-refractivity contribution in [3.8, 4) is 0 Å². The molecule has 5 heteroatoms. The van der Waals surface area contributed by atoms with Crippen molar-refractivity contribution in [2.24, 2.45) is 0 Å². The Hall–Kier alpha value is -2.04. The van der Waals surface area contributed by atoms with Crippen LogP contribution in [-0.4, -0.2) is 15.8 Å². The van der Waals surface area contributed by atoms with Gasteiger partial charge in [0.2, 0.25) is 0 Å². The first-order chi connectivity index (χ1) is 11.6. The van der Waals surface area contributed by atoms with Crippen molar-refractivity contribution >= 4 is 29.2 Å². The number of anilines is 1. The van der Waals surface area contributed by atoms with Gasteiger partial charge in [0.15, 0.2) is 0 Å². The van der Waals surface area contributed by atoms with E-state index in [1.54, 1.807) is 13.0 Å². The van der Waals surface area contributed by atoms with E-state index in [4.69, 9.17) is 11.6 Å². The van der Waals surface area contributed by atoms with Crippen molar-refractivity contribution < 1.29 is 9.50 Å². The number of hydrogen-bond donors (Lipinski definition) is 1. The Labute approximate surface area is 145 Å². The fraction of sp³-hybridized carbons (Fsp3) is 0.263. The summed E-state index contributed by atoms with van der Waals surface area (Å²) in [5.41, 5.74) is 4.56. The molecule has 1 aromatic heterocycles. The van der Waals surface area contributed by atoms with Crippen LogP contribution in [0.15, 0.2) is 47.8 Å². The summed E-state index contributed by atoms with van der Waals surface area (Å²) in [6.45, 7) is 1.72. The zero-order valence-corrected chi connectivity index (χ0v) is 14.1. The molecule has 2 heterocycles. The molecule has 2 aliphatic rings. The van der Waals surface area contributed by atoms with Crippen molar-refractivity contribution in [2.75, 3.05) is 4.90 Å². The fourth-order valence-corrected chi connectivity index (χ4v) is 3.55. The first kappa shape index (κ1) is 15.5. The maximum Gasteiger partial charge on any atom is 0.125 e. The summed E-state index contributed by atoms with van der Waals surface area (Å²) in [4.78, 5) is 1.95. The maximum absolute atomic E-state index is 13.8. The first-order valence-corrected chi connectivity index (χ1v) is 8.48. The maximum atomic E-state index is 13.8. The van der Waals surface area contributed by atoms with E-state index >= 15 is 0 Å². The molecule has 3 nitrogen and oxygen atoms in total. The molecule has 1 N–H and O–H groups in total. The zero-order chi connectivity index (χ0) is 16.8. The number of halogens is 2. The SMILES string of the molecule is CC(O)C1=Cn2ccc(Cl)c2C(=C2CCC2)N1c1cccc(F)c1. The lowest BCUT2D eigenvalue weighted by atomic mass is 9.88. The predicted molar refractivity (Wildman–Crippen MR) is 95.0 cm³/mol. The van der Waals surface area contributed by atoms with Gasteiger partial charge in [-0.1, -0.05) is 17.7 Å². The molecule has 1 aromatic carbocycles. The van der Waals surface area contributed by atoms with Crippen molar-refractivity contribution in [2.45, 2.75) is 32.3 Å². The van der Waals surface area contributed by atoms with Gasteiger partial charge in [0.25, 0.3) is 0 Å². The van der Waals surface area contributed by atoms with E-state index in [-0.39, 0.29) is 5.82 Å². The molecule has 1 fully saturated rings. The standard InChI is InChI=1S/C19H18ClFN2O/c1-12(24)17-11-22-9-8-16(20)19(22)18(13-4-2-5-13)23(17)15-7-3-6-14(21)10-15/h3,6-12,24H,2,4-5H2,1H3. The smallest absolute Gasteiger partial charge is 0.125 e. The Morgan fingerprint density at radius 2 is 2.04 bits per heavy atom. The van der Waals surface area contributed by atoms with Gasteiger partial charge in [-0.05, 0) is 56.0 Å². The highest BCUT2D eigenvalue weighted by Gasteiger charge is 2.33. The van der Waals surface area contributed by atoms with Gasteiger partial charge in [0.05, 0.1) is 28.2 Å². The summed E-state index contributed by atoms with van der Waals surface area (Å²) in [5, 5.41) is 11.0. The molecule has 1 aliphatic carbocycles. The molecular formula is C19H18ClFN2O. The van der Waals surface area contributed by atoms with Crippen LogP contribution in [0.5, 0.6) is 0 Å². The van der Waals surface area contributed by atoms with Crippen molar-refractivity contribution in [3.63, 3.8) is 0 Å². The van der Waals surface area contributed by atoms with Gasteiger partial charge in [-0.2, -0.15) is 0 Å². The molecule has 0 amide bonds. The Morgan fingerprint density at radius 1 is 1.25 bits per heavy atom. The van der Waals surface area contributed by atoms with Crippen LogP contribution in [0, 0.1) is 5.82 Å². The quantitative estimate of drug-likeness (QED) is 0.841. The van der Waals surface area contributed by atoms with Gasteiger partial charge in [0, 0.05) is 18.1 Å². The zero-order valence-electron chi connectivity index (χ0n) is 13.3. The Morgan fingerprint density at radius 3 is 2.67 bits per heavy atom. The minimum absolute atomic E-state index is 0.303. The topological polar surface area (TPSA) is 28.4 Å². The van der Waals surface area contributed by atoms with Crippen LogP contribution in [-0.2, 0) is 0 Å². The van der Waals surface area contributed by atoms with Gasteiger partial charge in [0.1, 0.15) is 5.82 Å². The van der Waals surface area contributed by atoms with E-state index in [9.17, 15) is 9.50 Å². The minimum Gasteiger partial charge on any atom is -0.387 e. The molecule has 24 heavy (non-hydrogen) atoms. The number of allylic oxidation sites excluding steroid dienone is 1. The van der Waals surface area contributed by atoms with Crippen LogP contribution < -0.4 is 4.90 Å². The molecule has 1 atom stereocenters. The van der Waals surface area contributed by atoms with Gasteiger partial charge >= 0.3 is 0 Å². The molecule has 0 spiro atoms. The Bertz CT molecular complexity index is 860. The summed E-state index contributed by atoms with van der Waals surface area (Å²) in [6.07, 6.45) is 6.19. The lowest BCUT2D eigenvalue weighted by Crippen LogP contribution is -2.33. The van der Waals surface area contributed by atoms with Crippen LogP contribution in [0.2, 0.25) is 5.02 Å². The Kier molecular flexibility index (Phi) is 3.74. The van der Waals surface area contributed by atoms with Crippen molar-refractivity contribution in [1.29, 1.82) is 0 Å². The number of benzene rings is 1. The highest BCUT2D eigenvalue weighted by Crippen LogP contribution is 2.45. The fourth-order valence-electron chi connectivity index (χ4n) is 3.30. The van der Waals surface area contributed by atoms with Crippen LogP contribution in [0.4, 0.5) is 10.1 Å². The molecule has 1 saturated carbocycles. The van der Waals surface area contributed by atoms with E-state index in [1.165, 1.54) is 17.7 Å². The third-order valence-corrected chi connectivity index (χ3v) is 4.93. The number of hydrogen-bond acceptors (Lipinski definition) is 2. The van der Waals surface area contributed by atoms with Crippen LogP contribution >= 0.6 is 11.6 Å². The number of aliphatic hydroxyl groups is 1. The molecule has 0 radical (unpaired) electrons. The van der Waals surface area contributed by atoms with Crippen LogP contribution in [0.1, 0.15) is 31.9 Å². The first-order valence-electron chi connectivity index (χ1n) is 8.10. The van der Waals surface area contributed by atoms with E-state index in [0.29, 0.717) is 16.4 Å². The average Bonchev–Trinajstić information content (AvgIpc) is 2.86. The number of aromatic nitrogens is 1. The van der Waals surface area contributed by atoms with Crippen LogP contribution in [0.25, 0.3) is 11.9 Å². The van der Waals surface area contributed by atoms with Gasteiger partial charge in [-0.3, -0.25) is 0 Å². The third-order valence-electron chi connectivity index (χ3n) is 4.63. The number of nitrogens with zero attached hydrogens (tertiary/aromatic N) is 2. The highest BCUT2D eigenvalue weighted by molar-refractivity contribution is 6.32. The van der Waals surface area contributed by atoms with Gasteiger partial charge < -0.3 is 14.6 Å². The largest absolute Gasteiger partial charge is 0.387 e.